The number of hydrogen-bond acceptors (Lipinski definition) is 3. The molecule has 1 aromatic rings. The SMILES string of the molecule is CN1CCC(Nc2ccc(N)c(C(F)(F)F)c2)C1=O. The number of hydrogen-bond donors (Lipinski definition) is 2. The quantitative estimate of drug-likeness (QED) is 0.809. The summed E-state index contributed by atoms with van der Waals surface area (Å²) in [4.78, 5) is 13.2. The van der Waals surface area contributed by atoms with Gasteiger partial charge in [0.05, 0.1) is 5.56 Å². The van der Waals surface area contributed by atoms with E-state index in [-0.39, 0.29) is 17.3 Å². The van der Waals surface area contributed by atoms with Crippen LogP contribution in [-0.2, 0) is 11.0 Å². The van der Waals surface area contributed by atoms with E-state index in [2.05, 4.69) is 5.32 Å². The number of likely N-dealkylation sites (N-methyl/N-ethyl adjacent to an activating group) is 1. The average molecular weight is 273 g/mol. The van der Waals surface area contributed by atoms with E-state index in [9.17, 15) is 18.0 Å². The summed E-state index contributed by atoms with van der Waals surface area (Å²) in [6.45, 7) is 0.595. The lowest BCUT2D eigenvalue weighted by Crippen LogP contribution is -2.31. The molecule has 104 valence electrons. The van der Waals surface area contributed by atoms with Crippen LogP contribution in [0.3, 0.4) is 0 Å². The van der Waals surface area contributed by atoms with Gasteiger partial charge in [-0.2, -0.15) is 13.2 Å². The zero-order valence-corrected chi connectivity index (χ0v) is 10.3. The summed E-state index contributed by atoms with van der Waals surface area (Å²) in [7, 11) is 1.66. The first-order valence-electron chi connectivity index (χ1n) is 5.77. The van der Waals surface area contributed by atoms with Gasteiger partial charge in [0, 0.05) is 25.0 Å². The molecule has 19 heavy (non-hydrogen) atoms. The van der Waals surface area contributed by atoms with E-state index in [1.54, 1.807) is 11.9 Å². The van der Waals surface area contributed by atoms with E-state index in [1.165, 1.54) is 12.1 Å². The predicted molar refractivity (Wildman–Crippen MR) is 65.5 cm³/mol. The first-order chi connectivity index (χ1) is 8.79. The van der Waals surface area contributed by atoms with Gasteiger partial charge >= 0.3 is 6.18 Å². The Morgan fingerprint density at radius 2 is 2.11 bits per heavy atom. The summed E-state index contributed by atoms with van der Waals surface area (Å²) in [5.41, 5.74) is 4.34. The molecule has 1 saturated heterocycles. The topological polar surface area (TPSA) is 58.4 Å². The Morgan fingerprint density at radius 3 is 2.63 bits per heavy atom. The third-order valence-corrected chi connectivity index (χ3v) is 3.13. The number of likely N-dealkylation sites (tertiary alicyclic amines) is 1. The molecular formula is C12H14F3N3O. The number of carbonyl (C=O) groups excluding carboxylic acids is 1. The smallest absolute Gasteiger partial charge is 0.398 e. The van der Waals surface area contributed by atoms with Gasteiger partial charge in [0.25, 0.3) is 0 Å². The first-order valence-corrected chi connectivity index (χ1v) is 5.77. The number of carbonyl (C=O) groups is 1. The molecule has 7 heteroatoms. The van der Waals surface area contributed by atoms with Crippen molar-refractivity contribution in [3.8, 4) is 0 Å². The highest BCUT2D eigenvalue weighted by Crippen LogP contribution is 2.35. The normalized spacial score (nSPS) is 19.9. The number of nitrogen functional groups attached to an aromatic ring is 1. The molecule has 0 spiro atoms. The van der Waals surface area contributed by atoms with Crippen LogP contribution in [0.5, 0.6) is 0 Å². The van der Waals surface area contributed by atoms with Gasteiger partial charge in [-0.1, -0.05) is 0 Å². The number of halogens is 3. The average Bonchev–Trinajstić information content (AvgIpc) is 2.62. The van der Waals surface area contributed by atoms with E-state index in [0.717, 1.165) is 6.07 Å². The van der Waals surface area contributed by atoms with Crippen LogP contribution in [0.4, 0.5) is 24.5 Å². The summed E-state index contributed by atoms with van der Waals surface area (Å²) in [6.07, 6.45) is -3.93. The van der Waals surface area contributed by atoms with Crippen molar-refractivity contribution in [3.05, 3.63) is 23.8 Å². The number of nitrogens with two attached hydrogens (primary N) is 1. The third-order valence-electron chi connectivity index (χ3n) is 3.13. The maximum atomic E-state index is 12.7. The molecule has 0 aromatic heterocycles. The van der Waals surface area contributed by atoms with Crippen molar-refractivity contribution in [2.24, 2.45) is 0 Å². The molecule has 1 heterocycles. The molecule has 1 amide bonds. The molecule has 0 aliphatic carbocycles. The zero-order valence-electron chi connectivity index (χ0n) is 10.3. The van der Waals surface area contributed by atoms with E-state index >= 15 is 0 Å². The van der Waals surface area contributed by atoms with Crippen molar-refractivity contribution < 1.29 is 18.0 Å². The number of rotatable bonds is 2. The molecule has 3 N–H and O–H groups in total. The van der Waals surface area contributed by atoms with Gasteiger partial charge in [-0.3, -0.25) is 4.79 Å². The van der Waals surface area contributed by atoms with E-state index in [4.69, 9.17) is 5.73 Å². The molecule has 4 nitrogen and oxygen atoms in total. The van der Waals surface area contributed by atoms with Gasteiger partial charge in [0.15, 0.2) is 0 Å². The minimum Gasteiger partial charge on any atom is -0.398 e. The van der Waals surface area contributed by atoms with Crippen molar-refractivity contribution in [1.29, 1.82) is 0 Å². The van der Waals surface area contributed by atoms with Crippen molar-refractivity contribution in [2.75, 3.05) is 24.6 Å². The molecule has 0 bridgehead atoms. The lowest BCUT2D eigenvalue weighted by Gasteiger charge is -2.16. The van der Waals surface area contributed by atoms with Gasteiger partial charge in [0.2, 0.25) is 5.91 Å². The van der Waals surface area contributed by atoms with Crippen molar-refractivity contribution in [1.82, 2.24) is 4.90 Å². The van der Waals surface area contributed by atoms with Crippen LogP contribution in [0.25, 0.3) is 0 Å². The lowest BCUT2D eigenvalue weighted by atomic mass is 10.1. The number of benzene rings is 1. The fraction of sp³-hybridized carbons (Fsp3) is 0.417. The monoisotopic (exact) mass is 273 g/mol. The fourth-order valence-electron chi connectivity index (χ4n) is 2.05. The number of nitrogens with one attached hydrogen (secondary N) is 1. The van der Waals surface area contributed by atoms with E-state index in [0.29, 0.717) is 13.0 Å². The second-order valence-corrected chi connectivity index (χ2v) is 4.55. The van der Waals surface area contributed by atoms with Crippen LogP contribution in [0, 0.1) is 0 Å². The highest BCUT2D eigenvalue weighted by molar-refractivity contribution is 5.86. The van der Waals surface area contributed by atoms with Gasteiger partial charge in [0.1, 0.15) is 6.04 Å². The van der Waals surface area contributed by atoms with Crippen LogP contribution in [0.1, 0.15) is 12.0 Å². The molecular weight excluding hydrogens is 259 g/mol. The maximum Gasteiger partial charge on any atom is 0.418 e. The number of anilines is 2. The fourth-order valence-corrected chi connectivity index (χ4v) is 2.05. The molecule has 0 radical (unpaired) electrons. The van der Waals surface area contributed by atoms with Crippen LogP contribution in [-0.4, -0.2) is 30.4 Å². The summed E-state index contributed by atoms with van der Waals surface area (Å²) in [6, 6.07) is 3.08. The van der Waals surface area contributed by atoms with E-state index in [1.807, 2.05) is 0 Å². The molecule has 0 saturated carbocycles. The van der Waals surface area contributed by atoms with Crippen molar-refractivity contribution in [2.45, 2.75) is 18.6 Å². The van der Waals surface area contributed by atoms with Gasteiger partial charge < -0.3 is 16.0 Å². The van der Waals surface area contributed by atoms with Crippen LogP contribution < -0.4 is 11.1 Å². The molecule has 1 aromatic carbocycles. The largest absolute Gasteiger partial charge is 0.418 e. The summed E-state index contributed by atoms with van der Waals surface area (Å²) >= 11 is 0. The Labute approximate surface area is 108 Å². The van der Waals surface area contributed by atoms with Gasteiger partial charge in [-0.15, -0.1) is 0 Å². The Bertz CT molecular complexity index is 501. The highest BCUT2D eigenvalue weighted by Gasteiger charge is 2.34. The Balaban J connectivity index is 2.21. The van der Waals surface area contributed by atoms with Crippen LogP contribution in [0.15, 0.2) is 18.2 Å². The summed E-state index contributed by atoms with van der Waals surface area (Å²) < 4.78 is 38.1. The third kappa shape index (κ3) is 2.74. The van der Waals surface area contributed by atoms with Crippen LogP contribution in [0.2, 0.25) is 0 Å². The highest BCUT2D eigenvalue weighted by atomic mass is 19.4. The van der Waals surface area contributed by atoms with Crippen molar-refractivity contribution in [3.63, 3.8) is 0 Å². The summed E-state index contributed by atoms with van der Waals surface area (Å²) in [5.74, 6) is -0.120. The summed E-state index contributed by atoms with van der Waals surface area (Å²) in [5, 5.41) is 2.81. The van der Waals surface area contributed by atoms with E-state index < -0.39 is 17.8 Å². The molecule has 1 atom stereocenters. The second-order valence-electron chi connectivity index (χ2n) is 4.55. The Morgan fingerprint density at radius 1 is 1.42 bits per heavy atom. The molecule has 1 aliphatic heterocycles. The number of amides is 1. The minimum absolute atomic E-state index is 0.120. The first kappa shape index (κ1) is 13.5. The van der Waals surface area contributed by atoms with Crippen LogP contribution >= 0.6 is 0 Å². The standard InChI is InChI=1S/C12H14F3N3O/c1-18-5-4-10(11(18)19)17-7-2-3-9(16)8(6-7)12(13,14)15/h2-3,6,10,17H,4-5,16H2,1H3. The second kappa shape index (κ2) is 4.64. The molecule has 1 aliphatic rings. The lowest BCUT2D eigenvalue weighted by molar-refractivity contribution is -0.136. The molecule has 1 fully saturated rings. The Kier molecular flexibility index (Phi) is 3.30. The molecule has 1 unspecified atom stereocenters. The Hall–Kier alpha value is -1.92. The van der Waals surface area contributed by atoms with Gasteiger partial charge in [-0.05, 0) is 24.6 Å². The molecule has 2 rings (SSSR count). The van der Waals surface area contributed by atoms with Crippen molar-refractivity contribution >= 4 is 17.3 Å². The van der Waals surface area contributed by atoms with Gasteiger partial charge in [-0.25, -0.2) is 0 Å². The zero-order chi connectivity index (χ0) is 14.2. The number of nitrogens with zero attached hydrogens (tertiary/aromatic N) is 1. The minimum atomic E-state index is -4.50. The maximum absolute atomic E-state index is 12.7. The number of alkyl halides is 3. The predicted octanol–water partition coefficient (Wildman–Crippen LogP) is 1.93.